The van der Waals surface area contributed by atoms with E-state index in [2.05, 4.69) is 10.6 Å². The topological polar surface area (TPSA) is 84.2 Å². The highest BCUT2D eigenvalue weighted by molar-refractivity contribution is 7.91. The maximum Gasteiger partial charge on any atom is 0.171 e. The van der Waals surface area contributed by atoms with Gasteiger partial charge in [0.1, 0.15) is 0 Å². The normalized spacial score (nSPS) is 21.6. The van der Waals surface area contributed by atoms with Crippen LogP contribution in [-0.2, 0) is 9.84 Å². The monoisotopic (exact) mass is 375 g/mol. The van der Waals surface area contributed by atoms with Gasteiger partial charge in [-0.15, -0.1) is 0 Å². The summed E-state index contributed by atoms with van der Waals surface area (Å²) in [6.45, 7) is 1.88. The molecular formula is C18H21N3O2S2. The molecule has 0 spiro atoms. The van der Waals surface area contributed by atoms with Gasteiger partial charge in [-0.3, -0.25) is 0 Å². The van der Waals surface area contributed by atoms with Crippen LogP contribution in [0.4, 0.5) is 11.4 Å². The Morgan fingerprint density at radius 2 is 1.64 bits per heavy atom. The van der Waals surface area contributed by atoms with Gasteiger partial charge < -0.3 is 16.4 Å². The van der Waals surface area contributed by atoms with Crippen LogP contribution in [0.15, 0.2) is 48.5 Å². The van der Waals surface area contributed by atoms with Gasteiger partial charge in [0.15, 0.2) is 14.9 Å². The molecule has 3 rings (SSSR count). The van der Waals surface area contributed by atoms with Gasteiger partial charge >= 0.3 is 0 Å². The van der Waals surface area contributed by atoms with Crippen molar-refractivity contribution in [2.45, 2.75) is 18.9 Å². The summed E-state index contributed by atoms with van der Waals surface area (Å²) >= 11 is 5.33. The number of nitrogens with two attached hydrogens (primary N) is 1. The minimum atomic E-state index is -2.97. The summed E-state index contributed by atoms with van der Waals surface area (Å²) in [5.74, 6) is 0.313. The van der Waals surface area contributed by atoms with Crippen molar-refractivity contribution < 1.29 is 8.42 Å². The van der Waals surface area contributed by atoms with Gasteiger partial charge in [0.2, 0.25) is 0 Å². The Kier molecular flexibility index (Phi) is 4.71. The van der Waals surface area contributed by atoms with Crippen LogP contribution in [0.25, 0.3) is 11.1 Å². The molecule has 4 N–H and O–H groups in total. The number of hydrogen-bond donors (Lipinski definition) is 3. The molecule has 5 nitrogen and oxygen atoms in total. The molecule has 25 heavy (non-hydrogen) atoms. The molecule has 1 unspecified atom stereocenters. The zero-order valence-corrected chi connectivity index (χ0v) is 15.6. The standard InChI is InChI=1S/C18H21N3O2S2/c1-18(10-11-25(22,23)12-18)21-17(24)20-16-8-4-14(5-9-16)13-2-6-15(19)7-3-13/h2-9H,10-12,19H2,1H3,(H2,20,21,24). The number of rotatable bonds is 3. The molecule has 2 aromatic carbocycles. The van der Waals surface area contributed by atoms with Crippen molar-refractivity contribution in [3.05, 3.63) is 48.5 Å². The van der Waals surface area contributed by atoms with Crippen molar-refractivity contribution in [1.82, 2.24) is 5.32 Å². The van der Waals surface area contributed by atoms with E-state index in [1.165, 1.54) is 0 Å². The second kappa shape index (κ2) is 6.65. The average molecular weight is 376 g/mol. The molecule has 0 saturated carbocycles. The third-order valence-electron chi connectivity index (χ3n) is 4.31. The van der Waals surface area contributed by atoms with Crippen molar-refractivity contribution in [1.29, 1.82) is 0 Å². The van der Waals surface area contributed by atoms with E-state index in [1.807, 2.05) is 55.5 Å². The molecule has 1 aliphatic rings. The minimum absolute atomic E-state index is 0.109. The highest BCUT2D eigenvalue weighted by Crippen LogP contribution is 2.24. The van der Waals surface area contributed by atoms with Crippen LogP contribution in [0.1, 0.15) is 13.3 Å². The maximum absolute atomic E-state index is 11.7. The number of hydrogen-bond acceptors (Lipinski definition) is 4. The van der Waals surface area contributed by atoms with E-state index in [-0.39, 0.29) is 11.5 Å². The number of benzene rings is 2. The van der Waals surface area contributed by atoms with E-state index in [9.17, 15) is 8.42 Å². The van der Waals surface area contributed by atoms with Gasteiger partial charge in [0, 0.05) is 11.4 Å². The lowest BCUT2D eigenvalue weighted by Crippen LogP contribution is -2.48. The fourth-order valence-electron chi connectivity index (χ4n) is 2.97. The molecule has 1 atom stereocenters. The molecule has 0 aliphatic carbocycles. The van der Waals surface area contributed by atoms with Gasteiger partial charge in [-0.05, 0) is 61.0 Å². The number of nitrogen functional groups attached to an aromatic ring is 1. The number of anilines is 2. The summed E-state index contributed by atoms with van der Waals surface area (Å²) in [6, 6.07) is 15.6. The second-order valence-corrected chi connectivity index (χ2v) is 9.27. The van der Waals surface area contributed by atoms with E-state index < -0.39 is 15.4 Å². The molecular weight excluding hydrogens is 354 g/mol. The van der Waals surface area contributed by atoms with Crippen LogP contribution in [0.3, 0.4) is 0 Å². The van der Waals surface area contributed by atoms with Crippen molar-refractivity contribution in [2.24, 2.45) is 0 Å². The molecule has 0 bridgehead atoms. The summed E-state index contributed by atoms with van der Waals surface area (Å²) in [5, 5.41) is 6.68. The van der Waals surface area contributed by atoms with Crippen molar-refractivity contribution in [3.63, 3.8) is 0 Å². The lowest BCUT2D eigenvalue weighted by atomic mass is 10.0. The second-order valence-electron chi connectivity index (χ2n) is 6.68. The Hall–Kier alpha value is -2.12. The van der Waals surface area contributed by atoms with Crippen LogP contribution < -0.4 is 16.4 Å². The summed E-state index contributed by atoms with van der Waals surface area (Å²) < 4.78 is 23.3. The number of sulfone groups is 1. The van der Waals surface area contributed by atoms with E-state index in [4.69, 9.17) is 18.0 Å². The lowest BCUT2D eigenvalue weighted by molar-refractivity contribution is 0.474. The first-order chi connectivity index (χ1) is 11.7. The summed E-state index contributed by atoms with van der Waals surface area (Å²) in [4.78, 5) is 0. The first-order valence-electron chi connectivity index (χ1n) is 8.00. The first kappa shape index (κ1) is 17.7. The quantitative estimate of drug-likeness (QED) is 0.565. The summed E-state index contributed by atoms with van der Waals surface area (Å²) in [6.07, 6.45) is 0.563. The molecule has 0 amide bonds. The molecule has 2 aromatic rings. The van der Waals surface area contributed by atoms with E-state index >= 15 is 0 Å². The fraction of sp³-hybridized carbons (Fsp3) is 0.278. The van der Waals surface area contributed by atoms with Crippen molar-refractivity contribution >= 4 is 38.5 Å². The van der Waals surface area contributed by atoms with Gasteiger partial charge in [-0.25, -0.2) is 8.42 Å². The predicted octanol–water partition coefficient (Wildman–Crippen LogP) is 2.80. The molecule has 1 aliphatic heterocycles. The predicted molar refractivity (Wildman–Crippen MR) is 107 cm³/mol. The highest BCUT2D eigenvalue weighted by Gasteiger charge is 2.38. The summed E-state index contributed by atoms with van der Waals surface area (Å²) in [5.41, 5.74) is 8.96. The third kappa shape index (κ3) is 4.49. The van der Waals surface area contributed by atoms with Gasteiger partial charge in [0.25, 0.3) is 0 Å². The zero-order valence-electron chi connectivity index (χ0n) is 14.0. The van der Waals surface area contributed by atoms with Crippen LogP contribution >= 0.6 is 12.2 Å². The van der Waals surface area contributed by atoms with E-state index in [0.717, 1.165) is 22.5 Å². The van der Waals surface area contributed by atoms with E-state index in [0.29, 0.717) is 11.5 Å². The molecule has 1 fully saturated rings. The Bertz CT molecular complexity index is 878. The molecule has 1 heterocycles. The summed E-state index contributed by atoms with van der Waals surface area (Å²) in [7, 11) is -2.97. The Morgan fingerprint density at radius 1 is 1.08 bits per heavy atom. The van der Waals surface area contributed by atoms with Crippen LogP contribution in [0, 0.1) is 0 Å². The first-order valence-corrected chi connectivity index (χ1v) is 10.2. The maximum atomic E-state index is 11.7. The van der Waals surface area contributed by atoms with Crippen LogP contribution in [-0.4, -0.2) is 30.6 Å². The Morgan fingerprint density at radius 3 is 2.16 bits per heavy atom. The fourth-order valence-corrected chi connectivity index (χ4v) is 5.42. The smallest absolute Gasteiger partial charge is 0.171 e. The highest BCUT2D eigenvalue weighted by atomic mass is 32.2. The Balaban J connectivity index is 1.63. The minimum Gasteiger partial charge on any atom is -0.399 e. The molecule has 0 radical (unpaired) electrons. The van der Waals surface area contributed by atoms with E-state index in [1.54, 1.807) is 0 Å². The van der Waals surface area contributed by atoms with Crippen molar-refractivity contribution in [3.8, 4) is 11.1 Å². The molecule has 132 valence electrons. The van der Waals surface area contributed by atoms with Crippen LogP contribution in [0.5, 0.6) is 0 Å². The number of thiocarbonyl (C=S) groups is 1. The Labute approximate surface area is 153 Å². The van der Waals surface area contributed by atoms with Gasteiger partial charge in [-0.1, -0.05) is 24.3 Å². The average Bonchev–Trinajstić information content (AvgIpc) is 2.82. The number of nitrogens with one attached hydrogen (secondary N) is 2. The largest absolute Gasteiger partial charge is 0.399 e. The van der Waals surface area contributed by atoms with Gasteiger partial charge in [-0.2, -0.15) is 0 Å². The lowest BCUT2D eigenvalue weighted by Gasteiger charge is -2.26. The molecule has 1 saturated heterocycles. The molecule has 0 aromatic heterocycles. The third-order valence-corrected chi connectivity index (χ3v) is 6.41. The van der Waals surface area contributed by atoms with Gasteiger partial charge in [0.05, 0.1) is 17.0 Å². The SMILES string of the molecule is CC1(NC(=S)Nc2ccc(-c3ccc(N)cc3)cc2)CCS(=O)(=O)C1. The molecule has 7 heteroatoms. The zero-order chi connectivity index (χ0) is 18.1. The van der Waals surface area contributed by atoms with Crippen molar-refractivity contribution in [2.75, 3.05) is 22.6 Å². The van der Waals surface area contributed by atoms with Crippen LogP contribution in [0.2, 0.25) is 0 Å².